The third kappa shape index (κ3) is 6.71. The fourth-order valence-electron chi connectivity index (χ4n) is 2.94. The van der Waals surface area contributed by atoms with Gasteiger partial charge in [0.1, 0.15) is 11.8 Å². The van der Waals surface area contributed by atoms with Gasteiger partial charge in [0.25, 0.3) is 10.0 Å². The molecular formula is C22H29N3O5S. The number of aryl methyl sites for hydroxylation is 1. The lowest BCUT2D eigenvalue weighted by molar-refractivity contribution is -0.126. The monoisotopic (exact) mass is 447 g/mol. The smallest absolute Gasteiger partial charge is 0.262 e. The topological polar surface area (TPSA) is 114 Å². The third-order valence-electron chi connectivity index (χ3n) is 4.47. The van der Waals surface area contributed by atoms with Crippen molar-refractivity contribution in [1.29, 1.82) is 0 Å². The van der Waals surface area contributed by atoms with Crippen molar-refractivity contribution in [3.63, 3.8) is 0 Å². The highest BCUT2D eigenvalue weighted by atomic mass is 32.2. The maximum atomic E-state index is 12.9. The van der Waals surface area contributed by atoms with Crippen LogP contribution >= 0.6 is 0 Å². The van der Waals surface area contributed by atoms with E-state index in [2.05, 4.69) is 15.4 Å². The highest BCUT2D eigenvalue weighted by Crippen LogP contribution is 2.24. The van der Waals surface area contributed by atoms with Crippen LogP contribution < -0.4 is 20.1 Å². The van der Waals surface area contributed by atoms with Crippen LogP contribution in [0.2, 0.25) is 0 Å². The first-order valence-electron chi connectivity index (χ1n) is 9.97. The Balaban J connectivity index is 2.24. The molecule has 0 fully saturated rings. The summed E-state index contributed by atoms with van der Waals surface area (Å²) >= 11 is 0. The molecule has 2 rings (SSSR count). The standard InChI is InChI=1S/C22H29N3O5S/c1-6-30-19-11-9-17(10-12-19)25-31(28,29)20-13-18(8-7-15(20)4)24-22(27)21(14(2)3)23-16(5)26/h7-14,21,25H,6H2,1-5H3,(H,23,26)(H,24,27). The molecule has 9 heteroatoms. The minimum Gasteiger partial charge on any atom is -0.494 e. The lowest BCUT2D eigenvalue weighted by Gasteiger charge is -2.21. The van der Waals surface area contributed by atoms with E-state index in [4.69, 9.17) is 4.74 Å². The number of anilines is 2. The van der Waals surface area contributed by atoms with Gasteiger partial charge in [-0.2, -0.15) is 0 Å². The van der Waals surface area contributed by atoms with E-state index >= 15 is 0 Å². The first kappa shape index (κ1) is 24.2. The average Bonchev–Trinajstić information content (AvgIpc) is 2.68. The molecule has 0 aliphatic rings. The summed E-state index contributed by atoms with van der Waals surface area (Å²) in [5.41, 5.74) is 1.24. The van der Waals surface area contributed by atoms with Gasteiger partial charge in [-0.1, -0.05) is 19.9 Å². The predicted octanol–water partition coefficient (Wildman–Crippen LogP) is 3.29. The number of benzene rings is 2. The normalized spacial score (nSPS) is 12.2. The minimum atomic E-state index is -3.89. The molecule has 0 aliphatic heterocycles. The Kier molecular flexibility index (Phi) is 8.04. The first-order valence-corrected chi connectivity index (χ1v) is 11.5. The lowest BCUT2D eigenvalue weighted by atomic mass is 10.0. The van der Waals surface area contributed by atoms with Crippen LogP contribution in [0.25, 0.3) is 0 Å². The van der Waals surface area contributed by atoms with Crippen molar-refractivity contribution < 1.29 is 22.7 Å². The molecule has 2 amide bonds. The number of rotatable bonds is 9. The summed E-state index contributed by atoms with van der Waals surface area (Å²) in [5.74, 6) is -0.235. The van der Waals surface area contributed by atoms with E-state index in [0.717, 1.165) is 0 Å². The summed E-state index contributed by atoms with van der Waals surface area (Å²) in [4.78, 5) is 24.0. The third-order valence-corrected chi connectivity index (χ3v) is 5.99. The van der Waals surface area contributed by atoms with Crippen LogP contribution in [0.15, 0.2) is 47.4 Å². The van der Waals surface area contributed by atoms with Crippen LogP contribution in [-0.4, -0.2) is 32.9 Å². The second-order valence-electron chi connectivity index (χ2n) is 7.45. The van der Waals surface area contributed by atoms with Crippen molar-refractivity contribution in [2.45, 2.75) is 45.6 Å². The molecule has 0 heterocycles. The van der Waals surface area contributed by atoms with Crippen LogP contribution in [0.4, 0.5) is 11.4 Å². The Morgan fingerprint density at radius 1 is 1.03 bits per heavy atom. The van der Waals surface area contributed by atoms with E-state index in [0.29, 0.717) is 29.3 Å². The second-order valence-corrected chi connectivity index (χ2v) is 9.11. The van der Waals surface area contributed by atoms with Crippen LogP contribution in [0.5, 0.6) is 5.75 Å². The number of amides is 2. The number of sulfonamides is 1. The molecule has 0 radical (unpaired) electrons. The number of nitrogens with one attached hydrogen (secondary N) is 3. The fourth-order valence-corrected chi connectivity index (χ4v) is 4.27. The molecule has 31 heavy (non-hydrogen) atoms. The number of hydrogen-bond donors (Lipinski definition) is 3. The van der Waals surface area contributed by atoms with E-state index in [1.54, 1.807) is 43.3 Å². The molecule has 8 nitrogen and oxygen atoms in total. The molecule has 0 saturated heterocycles. The number of hydrogen-bond acceptors (Lipinski definition) is 5. The molecule has 2 aromatic carbocycles. The summed E-state index contributed by atoms with van der Waals surface area (Å²) in [7, 11) is -3.89. The van der Waals surface area contributed by atoms with E-state index in [1.807, 2.05) is 20.8 Å². The summed E-state index contributed by atoms with van der Waals surface area (Å²) in [6.07, 6.45) is 0. The highest BCUT2D eigenvalue weighted by molar-refractivity contribution is 7.92. The Morgan fingerprint density at radius 2 is 1.65 bits per heavy atom. The van der Waals surface area contributed by atoms with Gasteiger partial charge in [0.05, 0.1) is 11.5 Å². The number of ether oxygens (including phenoxy) is 1. The average molecular weight is 448 g/mol. The van der Waals surface area contributed by atoms with E-state index < -0.39 is 22.0 Å². The van der Waals surface area contributed by atoms with Crippen molar-refractivity contribution >= 4 is 33.2 Å². The fraction of sp³-hybridized carbons (Fsp3) is 0.364. The molecular weight excluding hydrogens is 418 g/mol. The van der Waals surface area contributed by atoms with Gasteiger partial charge in [-0.05, 0) is 61.7 Å². The maximum Gasteiger partial charge on any atom is 0.262 e. The summed E-state index contributed by atoms with van der Waals surface area (Å²) in [6, 6.07) is 10.5. The quantitative estimate of drug-likeness (QED) is 0.546. The Labute approximate surface area is 183 Å². The van der Waals surface area contributed by atoms with Gasteiger partial charge in [0.15, 0.2) is 0 Å². The number of carbonyl (C=O) groups excluding carboxylic acids is 2. The zero-order valence-corrected chi connectivity index (χ0v) is 19.2. The van der Waals surface area contributed by atoms with Crippen LogP contribution in [0, 0.1) is 12.8 Å². The van der Waals surface area contributed by atoms with E-state index in [-0.39, 0.29) is 16.7 Å². The zero-order valence-electron chi connectivity index (χ0n) is 18.4. The zero-order chi connectivity index (χ0) is 23.2. The molecule has 0 aliphatic carbocycles. The summed E-state index contributed by atoms with van der Waals surface area (Å²) in [6.45, 7) is 9.02. The molecule has 1 unspecified atom stereocenters. The summed E-state index contributed by atoms with van der Waals surface area (Å²) in [5, 5.41) is 5.30. The van der Waals surface area contributed by atoms with Gasteiger partial charge in [0.2, 0.25) is 11.8 Å². The van der Waals surface area contributed by atoms with Crippen molar-refractivity contribution in [2.24, 2.45) is 5.92 Å². The van der Waals surface area contributed by atoms with Crippen LogP contribution in [0.1, 0.15) is 33.3 Å². The maximum absolute atomic E-state index is 12.9. The van der Waals surface area contributed by atoms with Gasteiger partial charge >= 0.3 is 0 Å². The van der Waals surface area contributed by atoms with Gasteiger partial charge in [-0.3, -0.25) is 14.3 Å². The Hall–Kier alpha value is -3.07. The lowest BCUT2D eigenvalue weighted by Crippen LogP contribution is -2.46. The first-order chi connectivity index (χ1) is 14.5. The Bertz CT molecular complexity index is 1030. The number of carbonyl (C=O) groups is 2. The molecule has 168 valence electrons. The van der Waals surface area contributed by atoms with Crippen molar-refractivity contribution in [3.8, 4) is 5.75 Å². The molecule has 0 spiro atoms. The van der Waals surface area contributed by atoms with Crippen LogP contribution in [0.3, 0.4) is 0 Å². The van der Waals surface area contributed by atoms with Gasteiger partial charge in [-0.25, -0.2) is 8.42 Å². The van der Waals surface area contributed by atoms with Gasteiger partial charge < -0.3 is 15.4 Å². The molecule has 0 bridgehead atoms. The molecule has 0 saturated carbocycles. The molecule has 0 aromatic heterocycles. The highest BCUT2D eigenvalue weighted by Gasteiger charge is 2.24. The molecule has 3 N–H and O–H groups in total. The van der Waals surface area contributed by atoms with Gasteiger partial charge in [0, 0.05) is 18.3 Å². The predicted molar refractivity (Wildman–Crippen MR) is 121 cm³/mol. The second kappa shape index (κ2) is 10.3. The van der Waals surface area contributed by atoms with E-state index in [1.165, 1.54) is 13.0 Å². The van der Waals surface area contributed by atoms with Crippen molar-refractivity contribution in [1.82, 2.24) is 5.32 Å². The van der Waals surface area contributed by atoms with E-state index in [9.17, 15) is 18.0 Å². The minimum absolute atomic E-state index is 0.0415. The van der Waals surface area contributed by atoms with Crippen LogP contribution in [-0.2, 0) is 19.6 Å². The van der Waals surface area contributed by atoms with Crippen molar-refractivity contribution in [2.75, 3.05) is 16.6 Å². The van der Waals surface area contributed by atoms with Crippen molar-refractivity contribution in [3.05, 3.63) is 48.0 Å². The summed E-state index contributed by atoms with van der Waals surface area (Å²) < 4.78 is 33.8. The largest absolute Gasteiger partial charge is 0.494 e. The molecule has 2 aromatic rings. The Morgan fingerprint density at radius 3 is 2.19 bits per heavy atom. The SMILES string of the molecule is CCOc1ccc(NS(=O)(=O)c2cc(NC(=O)C(NC(C)=O)C(C)C)ccc2C)cc1. The molecule has 1 atom stereocenters. The van der Waals surface area contributed by atoms with Gasteiger partial charge in [-0.15, -0.1) is 0 Å².